The van der Waals surface area contributed by atoms with Crippen molar-refractivity contribution in [2.24, 2.45) is 17.3 Å². The monoisotopic (exact) mass is 484 g/mol. The van der Waals surface area contributed by atoms with Gasteiger partial charge >= 0.3 is 5.97 Å². The van der Waals surface area contributed by atoms with Crippen molar-refractivity contribution < 1.29 is 19.4 Å². The second-order valence-electron chi connectivity index (χ2n) is 10.5. The molecule has 0 aromatic heterocycles. The fourth-order valence-electron chi connectivity index (χ4n) is 8.15. The van der Waals surface area contributed by atoms with Gasteiger partial charge in [0, 0.05) is 28.9 Å². The van der Waals surface area contributed by atoms with E-state index in [0.29, 0.717) is 12.3 Å². The van der Waals surface area contributed by atoms with E-state index in [2.05, 4.69) is 50.2 Å². The van der Waals surface area contributed by atoms with Gasteiger partial charge in [0.1, 0.15) is 6.10 Å². The minimum atomic E-state index is -0.774. The zero-order chi connectivity index (χ0) is 25.5. The Morgan fingerprint density at radius 1 is 0.833 bits per heavy atom. The average Bonchev–Trinajstić information content (AvgIpc) is 3.25. The van der Waals surface area contributed by atoms with Crippen LogP contribution in [0.5, 0.6) is 0 Å². The van der Waals surface area contributed by atoms with E-state index in [4.69, 9.17) is 4.74 Å². The van der Waals surface area contributed by atoms with Crippen LogP contribution < -0.4 is 0 Å². The van der Waals surface area contributed by atoms with Gasteiger partial charge in [-0.05, 0) is 28.9 Å². The van der Waals surface area contributed by atoms with E-state index in [0.717, 1.165) is 18.2 Å². The molecule has 0 bridgehead atoms. The van der Waals surface area contributed by atoms with Crippen molar-refractivity contribution in [3.63, 3.8) is 0 Å². The third kappa shape index (κ3) is 2.46. The molecule has 8 nitrogen and oxygen atoms in total. The highest BCUT2D eigenvalue weighted by Gasteiger charge is 2.99. The number of ether oxygens (including phenoxy) is 1. The molecule has 3 saturated carbocycles. The first kappa shape index (κ1) is 22.4. The van der Waals surface area contributed by atoms with Gasteiger partial charge in [-0.25, -0.2) is 4.79 Å². The van der Waals surface area contributed by atoms with Crippen molar-refractivity contribution in [3.05, 3.63) is 116 Å². The van der Waals surface area contributed by atoms with E-state index in [-0.39, 0.29) is 33.8 Å². The molecule has 0 aliphatic heterocycles. The Morgan fingerprint density at radius 2 is 1.33 bits per heavy atom. The Balaban J connectivity index is 1.36. The molecule has 5 atom stereocenters. The minimum absolute atomic E-state index is 0.0689. The smallest absolute Gasteiger partial charge is 0.338 e. The van der Waals surface area contributed by atoms with Gasteiger partial charge in [0.2, 0.25) is 0 Å². The van der Waals surface area contributed by atoms with Crippen molar-refractivity contribution in [3.8, 4) is 0 Å². The number of carbonyl (C=O) groups is 1. The maximum absolute atomic E-state index is 13.1. The standard InChI is InChI=1S/C28H24N2O6/c1-26(2)27(18-9-5-3-6-10-18)22-16-23(24(22)28(26,27)19-11-7-4-8-12-19)36-25(31)17-13-20(29(32)33)15-21(14-17)30(34)35/h3-15,22-24H,16H2,1-2H3/t22-,23+,24-,27+,28+/m1/s1. The third-order valence-electron chi connectivity index (χ3n) is 9.18. The predicted octanol–water partition coefficient (Wildman–Crippen LogP) is 5.59. The van der Waals surface area contributed by atoms with E-state index in [1.165, 1.54) is 11.1 Å². The summed E-state index contributed by atoms with van der Waals surface area (Å²) in [7, 11) is 0. The van der Waals surface area contributed by atoms with Crippen LogP contribution in [0.25, 0.3) is 0 Å². The summed E-state index contributed by atoms with van der Waals surface area (Å²) in [6, 6.07) is 23.8. The van der Waals surface area contributed by atoms with E-state index < -0.39 is 27.2 Å². The van der Waals surface area contributed by atoms with Crippen molar-refractivity contribution in [1.82, 2.24) is 0 Å². The number of carbonyl (C=O) groups excluding carboxylic acids is 1. The van der Waals surface area contributed by atoms with Crippen LogP contribution in [0, 0.1) is 37.5 Å². The first-order valence-corrected chi connectivity index (χ1v) is 11.9. The summed E-state index contributed by atoms with van der Waals surface area (Å²) < 4.78 is 5.91. The minimum Gasteiger partial charge on any atom is -0.458 e. The number of rotatable bonds is 6. The van der Waals surface area contributed by atoms with E-state index in [1.54, 1.807) is 0 Å². The highest BCUT2D eigenvalue weighted by molar-refractivity contribution is 5.91. The zero-order valence-electron chi connectivity index (χ0n) is 19.8. The Bertz CT molecular complexity index is 1390. The van der Waals surface area contributed by atoms with Crippen LogP contribution in [-0.4, -0.2) is 21.9 Å². The summed E-state index contributed by atoms with van der Waals surface area (Å²) in [6.07, 6.45) is 0.306. The molecule has 36 heavy (non-hydrogen) atoms. The number of nitrogens with zero attached hydrogens (tertiary/aromatic N) is 2. The second-order valence-corrected chi connectivity index (χ2v) is 10.5. The molecule has 0 radical (unpaired) electrons. The maximum atomic E-state index is 13.1. The Morgan fingerprint density at radius 3 is 1.83 bits per heavy atom. The first-order chi connectivity index (χ1) is 17.2. The van der Waals surface area contributed by atoms with Crippen LogP contribution in [-0.2, 0) is 15.6 Å². The SMILES string of the molecule is CC1(C)[C@]2(c3ccccc3)[C@H]3[C@@H](OC(=O)c4cc([N+](=O)[O-])cc([N+](=O)[O-])c4)C[C@H]3[C@@]12c1ccccc1. The molecule has 3 aliphatic carbocycles. The number of hydrogen-bond donors (Lipinski definition) is 0. The van der Waals surface area contributed by atoms with Gasteiger partial charge in [-0.3, -0.25) is 20.2 Å². The predicted molar refractivity (Wildman–Crippen MR) is 131 cm³/mol. The van der Waals surface area contributed by atoms with Crippen LogP contribution in [0.2, 0.25) is 0 Å². The largest absolute Gasteiger partial charge is 0.458 e. The van der Waals surface area contributed by atoms with Gasteiger partial charge in [-0.1, -0.05) is 74.5 Å². The highest BCUT2D eigenvalue weighted by Crippen LogP contribution is 2.96. The molecule has 0 saturated heterocycles. The summed E-state index contributed by atoms with van der Waals surface area (Å²) >= 11 is 0. The lowest BCUT2D eigenvalue weighted by Crippen LogP contribution is -2.65. The van der Waals surface area contributed by atoms with Crippen LogP contribution in [0.4, 0.5) is 11.4 Å². The van der Waals surface area contributed by atoms with Gasteiger partial charge in [-0.2, -0.15) is 0 Å². The average molecular weight is 485 g/mol. The number of nitro groups is 2. The maximum Gasteiger partial charge on any atom is 0.338 e. The number of esters is 1. The van der Waals surface area contributed by atoms with Gasteiger partial charge in [-0.15, -0.1) is 0 Å². The summed E-state index contributed by atoms with van der Waals surface area (Å²) in [5.74, 6) is -0.357. The van der Waals surface area contributed by atoms with E-state index in [1.807, 2.05) is 24.3 Å². The Hall–Kier alpha value is -4.07. The molecule has 0 unspecified atom stereocenters. The van der Waals surface area contributed by atoms with E-state index in [9.17, 15) is 25.0 Å². The van der Waals surface area contributed by atoms with Gasteiger partial charge < -0.3 is 4.74 Å². The second kappa shape index (κ2) is 7.22. The summed E-state index contributed by atoms with van der Waals surface area (Å²) in [5.41, 5.74) is 0.926. The molecule has 0 heterocycles. The van der Waals surface area contributed by atoms with Crippen molar-refractivity contribution in [1.29, 1.82) is 0 Å². The summed E-state index contributed by atoms with van der Waals surface area (Å²) in [4.78, 5) is 34.1. The number of non-ortho nitro benzene ring substituents is 2. The first-order valence-electron chi connectivity index (χ1n) is 11.9. The van der Waals surface area contributed by atoms with Crippen molar-refractivity contribution >= 4 is 17.3 Å². The number of fused-ring (bicyclic) bond motifs is 4. The number of benzene rings is 3. The molecular formula is C28H24N2O6. The molecule has 0 amide bonds. The van der Waals surface area contributed by atoms with E-state index >= 15 is 0 Å². The lowest BCUT2D eigenvalue weighted by molar-refractivity contribution is -0.394. The van der Waals surface area contributed by atoms with Crippen LogP contribution in [0.1, 0.15) is 41.8 Å². The highest BCUT2D eigenvalue weighted by atomic mass is 16.6. The molecule has 3 fully saturated rings. The number of nitro benzene ring substituents is 2. The van der Waals surface area contributed by atoms with Crippen LogP contribution in [0.3, 0.4) is 0 Å². The zero-order valence-corrected chi connectivity index (χ0v) is 19.8. The topological polar surface area (TPSA) is 113 Å². The molecular weight excluding hydrogens is 460 g/mol. The fourth-order valence-corrected chi connectivity index (χ4v) is 8.15. The Kier molecular flexibility index (Phi) is 4.49. The normalized spacial score (nSPS) is 30.6. The lowest BCUT2D eigenvalue weighted by Gasteiger charge is -2.62. The van der Waals surface area contributed by atoms with Crippen LogP contribution in [0.15, 0.2) is 78.9 Å². The molecule has 3 aromatic carbocycles. The van der Waals surface area contributed by atoms with Crippen LogP contribution >= 0.6 is 0 Å². The van der Waals surface area contributed by atoms with Gasteiger partial charge in [0.05, 0.1) is 21.5 Å². The number of hydrogen-bond acceptors (Lipinski definition) is 6. The van der Waals surface area contributed by atoms with Crippen molar-refractivity contribution in [2.45, 2.75) is 37.2 Å². The van der Waals surface area contributed by atoms with Gasteiger partial charge in [0.25, 0.3) is 11.4 Å². The third-order valence-corrected chi connectivity index (χ3v) is 9.18. The van der Waals surface area contributed by atoms with Gasteiger partial charge in [0.15, 0.2) is 0 Å². The lowest BCUT2D eigenvalue weighted by atomic mass is 9.43. The molecule has 0 N–H and O–H groups in total. The summed E-state index contributed by atoms with van der Waals surface area (Å²) in [6.45, 7) is 4.57. The molecule has 0 spiro atoms. The summed E-state index contributed by atoms with van der Waals surface area (Å²) in [5, 5.41) is 22.5. The quantitative estimate of drug-likeness (QED) is 0.256. The van der Waals surface area contributed by atoms with Crippen molar-refractivity contribution in [2.75, 3.05) is 0 Å². The Labute approximate surface area is 207 Å². The molecule has 6 rings (SSSR count). The fraction of sp³-hybridized carbons (Fsp3) is 0.321. The molecule has 3 aromatic rings. The molecule has 3 aliphatic rings. The molecule has 182 valence electrons. The molecule has 8 heteroatoms.